The molecule has 2 aromatic carbocycles. The second-order valence-corrected chi connectivity index (χ2v) is 6.78. The number of hydrogen-bond acceptors (Lipinski definition) is 6. The molecule has 0 atom stereocenters. The minimum atomic E-state index is -2.68. The summed E-state index contributed by atoms with van der Waals surface area (Å²) in [6, 6.07) is 11.0. The molecule has 1 heterocycles. The van der Waals surface area contributed by atoms with Gasteiger partial charge in [0.1, 0.15) is 11.9 Å². The molecule has 0 aliphatic heterocycles. The highest BCUT2D eigenvalue weighted by molar-refractivity contribution is 7.70. The molecule has 142 valence electrons. The predicted octanol–water partition coefficient (Wildman–Crippen LogP) is 1.92. The number of carbonyl (C=O) groups is 1. The highest BCUT2D eigenvalue weighted by Crippen LogP contribution is 2.20. The Morgan fingerprint density at radius 1 is 1.21 bits per heavy atom. The summed E-state index contributed by atoms with van der Waals surface area (Å²) in [5.41, 5.74) is 1.51. The number of fused-ring (bicyclic) bond motifs is 1. The molecular formula is C19H15FN4O3S. The van der Waals surface area contributed by atoms with Crippen LogP contribution < -0.4 is 4.72 Å². The van der Waals surface area contributed by atoms with E-state index in [-0.39, 0.29) is 29.8 Å². The van der Waals surface area contributed by atoms with Gasteiger partial charge in [-0.05, 0) is 42.7 Å². The largest absolute Gasteiger partial charge is 0.288 e. The van der Waals surface area contributed by atoms with E-state index in [0.717, 1.165) is 0 Å². The molecule has 0 spiro atoms. The number of thiol groups is 1. The predicted molar refractivity (Wildman–Crippen MR) is 101 cm³/mol. The van der Waals surface area contributed by atoms with Gasteiger partial charge < -0.3 is 0 Å². The number of aromatic nitrogens is 2. The topological polar surface area (TPSA) is 113 Å². The first-order valence-electron chi connectivity index (χ1n) is 8.36. The quantitative estimate of drug-likeness (QED) is 0.357. The number of rotatable bonds is 7. The van der Waals surface area contributed by atoms with Crippen LogP contribution in [0.1, 0.15) is 33.6 Å². The zero-order chi connectivity index (χ0) is 20.1. The number of halogens is 1. The van der Waals surface area contributed by atoms with Gasteiger partial charge in [0.25, 0.3) is 0 Å². The van der Waals surface area contributed by atoms with Gasteiger partial charge in [0, 0.05) is 12.1 Å². The maximum atomic E-state index is 14.8. The van der Waals surface area contributed by atoms with Gasteiger partial charge in [0.05, 0.1) is 22.8 Å². The van der Waals surface area contributed by atoms with Crippen LogP contribution in [0, 0.1) is 17.1 Å². The Kier molecular flexibility index (Phi) is 6.03. The van der Waals surface area contributed by atoms with Crippen LogP contribution in [0.15, 0.2) is 42.6 Å². The fraction of sp³-hybridized carbons (Fsp3) is 0.158. The smallest absolute Gasteiger partial charge is 0.201 e. The molecule has 3 aromatic rings. The summed E-state index contributed by atoms with van der Waals surface area (Å²) in [5, 5.41) is 8.93. The first-order valence-corrected chi connectivity index (χ1v) is 9.54. The molecule has 28 heavy (non-hydrogen) atoms. The van der Waals surface area contributed by atoms with Gasteiger partial charge >= 0.3 is 0 Å². The second kappa shape index (κ2) is 8.65. The van der Waals surface area contributed by atoms with Crippen LogP contribution in [0.3, 0.4) is 0 Å². The molecule has 3 rings (SSSR count). The first-order chi connectivity index (χ1) is 13.5. The zero-order valence-corrected chi connectivity index (χ0v) is 15.4. The summed E-state index contributed by atoms with van der Waals surface area (Å²) in [6.45, 7) is 0.195. The normalized spacial score (nSPS) is 10.9. The molecule has 0 saturated carbocycles. The summed E-state index contributed by atoms with van der Waals surface area (Å²) in [6.07, 6.45) is 2.03. The molecule has 9 heteroatoms. The fourth-order valence-electron chi connectivity index (χ4n) is 2.76. The van der Waals surface area contributed by atoms with Crippen LogP contribution in [-0.4, -0.2) is 30.7 Å². The van der Waals surface area contributed by atoms with Crippen molar-refractivity contribution in [3.63, 3.8) is 0 Å². The van der Waals surface area contributed by atoms with Crippen molar-refractivity contribution < 1.29 is 17.6 Å². The van der Waals surface area contributed by atoms with E-state index in [2.05, 4.69) is 14.7 Å². The molecule has 0 unspecified atom stereocenters. The Bertz CT molecular complexity index is 1160. The van der Waals surface area contributed by atoms with Gasteiger partial charge in [0.2, 0.25) is 10.9 Å². The van der Waals surface area contributed by atoms with E-state index in [1.54, 1.807) is 18.2 Å². The van der Waals surface area contributed by atoms with Crippen LogP contribution in [0.4, 0.5) is 4.39 Å². The average molecular weight is 398 g/mol. The minimum Gasteiger partial charge on any atom is -0.288 e. The number of nitrogens with zero attached hydrogens (tertiary/aromatic N) is 3. The lowest BCUT2D eigenvalue weighted by Gasteiger charge is -2.08. The number of hydrogen-bond donors (Lipinski definition) is 2. The van der Waals surface area contributed by atoms with Crippen LogP contribution in [0.5, 0.6) is 0 Å². The minimum absolute atomic E-state index is 0.0795. The van der Waals surface area contributed by atoms with Gasteiger partial charge in [-0.25, -0.2) is 22.5 Å². The van der Waals surface area contributed by atoms with E-state index in [0.29, 0.717) is 23.0 Å². The molecule has 7 nitrogen and oxygen atoms in total. The zero-order valence-electron chi connectivity index (χ0n) is 14.6. The Morgan fingerprint density at radius 3 is 2.79 bits per heavy atom. The SMILES string of the molecule is N#Cc1cnc2ccc(C(=O)c3cccc(CCCN[SH](=O)=O)c3F)cc2n1. The molecule has 0 saturated heterocycles. The van der Waals surface area contributed by atoms with Crippen LogP contribution in [0.25, 0.3) is 11.0 Å². The Labute approximate surface area is 161 Å². The monoisotopic (exact) mass is 398 g/mol. The van der Waals surface area contributed by atoms with E-state index in [9.17, 15) is 17.6 Å². The summed E-state index contributed by atoms with van der Waals surface area (Å²) in [4.78, 5) is 21.0. The maximum Gasteiger partial charge on any atom is 0.201 e. The third-order valence-electron chi connectivity index (χ3n) is 4.11. The molecule has 1 aromatic heterocycles. The molecule has 1 N–H and O–H groups in total. The van der Waals surface area contributed by atoms with Crippen molar-refractivity contribution in [3.8, 4) is 6.07 Å². The van der Waals surface area contributed by atoms with E-state index < -0.39 is 22.5 Å². The second-order valence-electron chi connectivity index (χ2n) is 5.95. The highest BCUT2D eigenvalue weighted by atomic mass is 32.2. The van der Waals surface area contributed by atoms with Gasteiger partial charge in [0.15, 0.2) is 11.5 Å². The van der Waals surface area contributed by atoms with Crippen molar-refractivity contribution in [1.29, 1.82) is 5.26 Å². The van der Waals surface area contributed by atoms with Crippen molar-refractivity contribution >= 4 is 27.7 Å². The molecule has 0 fully saturated rings. The van der Waals surface area contributed by atoms with Gasteiger partial charge in [-0.2, -0.15) is 5.26 Å². The molecule has 0 aliphatic rings. The van der Waals surface area contributed by atoms with Gasteiger partial charge in [-0.15, -0.1) is 0 Å². The summed E-state index contributed by atoms with van der Waals surface area (Å²) >= 11 is 0. The molecule has 0 radical (unpaired) electrons. The van der Waals surface area contributed by atoms with Gasteiger partial charge in [-0.1, -0.05) is 12.1 Å². The number of nitriles is 1. The Balaban J connectivity index is 1.87. The first kappa shape index (κ1) is 19.5. The lowest BCUT2D eigenvalue weighted by molar-refractivity contribution is 0.103. The van der Waals surface area contributed by atoms with Crippen molar-refractivity contribution in [2.24, 2.45) is 0 Å². The van der Waals surface area contributed by atoms with Gasteiger partial charge in [-0.3, -0.25) is 9.78 Å². The standard InChI is InChI=1S/C19H15FN4O3S/c20-18-12(4-2-8-23-28(26)27)3-1-5-15(18)19(25)13-6-7-16-17(9-13)24-14(10-21)11-22-16/h1,3,5-7,9,11,28H,2,4,8H2,(H,23,26,27). The third kappa shape index (κ3) is 4.36. The summed E-state index contributed by atoms with van der Waals surface area (Å²) in [7, 11) is -2.68. The van der Waals surface area contributed by atoms with Crippen molar-refractivity contribution in [2.75, 3.05) is 6.54 Å². The number of nitrogens with one attached hydrogen (secondary N) is 1. The van der Waals surface area contributed by atoms with E-state index in [1.807, 2.05) is 6.07 Å². The van der Waals surface area contributed by atoms with Crippen LogP contribution in [-0.2, 0) is 17.3 Å². The molecule has 0 bridgehead atoms. The van der Waals surface area contributed by atoms with Crippen LogP contribution in [0.2, 0.25) is 0 Å². The number of ketones is 1. The Hall–Kier alpha value is -3.22. The molecule has 0 aliphatic carbocycles. The van der Waals surface area contributed by atoms with Crippen molar-refractivity contribution in [3.05, 3.63) is 70.8 Å². The average Bonchev–Trinajstić information content (AvgIpc) is 2.70. The summed E-state index contributed by atoms with van der Waals surface area (Å²) in [5.74, 6) is -1.14. The lowest BCUT2D eigenvalue weighted by Crippen LogP contribution is -2.14. The summed E-state index contributed by atoms with van der Waals surface area (Å²) < 4.78 is 38.0. The number of benzene rings is 2. The van der Waals surface area contributed by atoms with E-state index in [4.69, 9.17) is 5.26 Å². The van der Waals surface area contributed by atoms with E-state index >= 15 is 0 Å². The fourth-order valence-corrected chi connectivity index (χ4v) is 3.10. The third-order valence-corrected chi connectivity index (χ3v) is 4.59. The van der Waals surface area contributed by atoms with Crippen molar-refractivity contribution in [1.82, 2.24) is 14.7 Å². The molecule has 0 amide bonds. The maximum absolute atomic E-state index is 14.8. The van der Waals surface area contributed by atoms with Crippen molar-refractivity contribution in [2.45, 2.75) is 12.8 Å². The number of aryl methyl sites for hydroxylation is 1. The number of carbonyl (C=O) groups excluding carboxylic acids is 1. The molecular weight excluding hydrogens is 383 g/mol. The highest BCUT2D eigenvalue weighted by Gasteiger charge is 2.17. The Morgan fingerprint density at radius 2 is 2.04 bits per heavy atom. The van der Waals surface area contributed by atoms with E-state index in [1.165, 1.54) is 24.4 Å². The lowest BCUT2D eigenvalue weighted by atomic mass is 9.98. The van der Waals surface area contributed by atoms with Crippen LogP contribution >= 0.6 is 0 Å².